The summed E-state index contributed by atoms with van der Waals surface area (Å²) >= 11 is 0. The van der Waals surface area contributed by atoms with E-state index in [1.165, 1.54) is 24.3 Å². The van der Waals surface area contributed by atoms with Crippen LogP contribution in [0.5, 0.6) is 5.75 Å². The summed E-state index contributed by atoms with van der Waals surface area (Å²) in [6.07, 6.45) is 0. The van der Waals surface area contributed by atoms with Crippen LogP contribution < -0.4 is 9.50 Å². The molecule has 174 valence electrons. The lowest BCUT2D eigenvalue weighted by Crippen LogP contribution is -2.14. The van der Waals surface area contributed by atoms with Crippen LogP contribution in [0.25, 0.3) is 0 Å². The number of nitro benzene ring substituents is 1. The average molecular weight is 469 g/mol. The zero-order valence-corrected chi connectivity index (χ0v) is 20.1. The largest absolute Gasteiger partial charge is 0.378 e. The Balaban J connectivity index is 2.06. The lowest BCUT2D eigenvalue weighted by atomic mass is 9.93. The Morgan fingerprint density at radius 3 is 1.97 bits per heavy atom. The van der Waals surface area contributed by atoms with Gasteiger partial charge in [0.15, 0.2) is 0 Å². The molecule has 0 heterocycles. The van der Waals surface area contributed by atoms with E-state index in [-0.39, 0.29) is 22.4 Å². The number of nitrogens with zero attached hydrogens (tertiary/aromatic N) is 1. The maximum absolute atomic E-state index is 13.0. The van der Waals surface area contributed by atoms with Crippen LogP contribution in [0.15, 0.2) is 65.6 Å². The van der Waals surface area contributed by atoms with Gasteiger partial charge in [0.25, 0.3) is 5.69 Å². The van der Waals surface area contributed by atoms with Crippen molar-refractivity contribution in [3.63, 3.8) is 0 Å². The molecule has 0 saturated carbocycles. The third-order valence-electron chi connectivity index (χ3n) is 5.24. The van der Waals surface area contributed by atoms with E-state index in [0.717, 1.165) is 16.7 Å². The highest BCUT2D eigenvalue weighted by atomic mass is 32.2. The Hall–Kier alpha value is -3.39. The second kappa shape index (κ2) is 9.62. The Labute approximate surface area is 194 Å². The van der Waals surface area contributed by atoms with Crippen molar-refractivity contribution < 1.29 is 17.5 Å². The molecule has 0 aliphatic rings. The van der Waals surface area contributed by atoms with E-state index in [0.29, 0.717) is 17.1 Å². The van der Waals surface area contributed by atoms with E-state index >= 15 is 0 Å². The first-order valence-corrected chi connectivity index (χ1v) is 12.1. The second-order valence-corrected chi connectivity index (χ2v) is 10.1. The molecule has 0 unspecified atom stereocenters. The van der Waals surface area contributed by atoms with Crippen LogP contribution in [-0.4, -0.2) is 13.3 Å². The maximum atomic E-state index is 13.0. The van der Waals surface area contributed by atoms with Crippen molar-refractivity contribution in [3.8, 4) is 5.75 Å². The smallest absolute Gasteiger partial charge is 0.339 e. The summed E-state index contributed by atoms with van der Waals surface area (Å²) in [5.41, 5.74) is 3.65. The van der Waals surface area contributed by atoms with Crippen LogP contribution in [0.3, 0.4) is 0 Å². The zero-order chi connectivity index (χ0) is 24.3. The number of aryl methyl sites for hydroxylation is 1. The van der Waals surface area contributed by atoms with Gasteiger partial charge < -0.3 is 9.50 Å². The van der Waals surface area contributed by atoms with Crippen LogP contribution in [0.1, 0.15) is 56.2 Å². The van der Waals surface area contributed by atoms with Crippen LogP contribution in [0.2, 0.25) is 0 Å². The Bertz CT molecular complexity index is 1240. The first-order valence-electron chi connectivity index (χ1n) is 10.7. The minimum atomic E-state index is -4.02. The Kier molecular flexibility index (Phi) is 7.07. The molecule has 0 fully saturated rings. The van der Waals surface area contributed by atoms with E-state index in [9.17, 15) is 18.5 Å². The molecule has 0 spiro atoms. The molecule has 0 atom stereocenters. The first-order chi connectivity index (χ1) is 15.5. The molecule has 0 aliphatic heterocycles. The molecule has 3 aromatic carbocycles. The summed E-state index contributed by atoms with van der Waals surface area (Å²) in [5.74, 6) is 0.264. The van der Waals surface area contributed by atoms with E-state index in [1.54, 1.807) is 24.3 Å². The Morgan fingerprint density at radius 2 is 1.45 bits per heavy atom. The molecule has 0 saturated heterocycles. The molecule has 1 N–H and O–H groups in total. The molecule has 3 rings (SSSR count). The summed E-state index contributed by atoms with van der Waals surface area (Å²) in [4.78, 5) is 10.8. The standard InChI is InChI=1S/C25H28N2O5S/c1-16(2)23-14-20(26-19-7-6-8-21(13-19)27(28)29)15-24(17(3)4)25(23)32-33(30,31)22-11-9-18(5)10-12-22/h6-17,26H,1-5H3. The van der Waals surface area contributed by atoms with Gasteiger partial charge in [0, 0.05) is 34.6 Å². The van der Waals surface area contributed by atoms with Gasteiger partial charge in [-0.15, -0.1) is 0 Å². The van der Waals surface area contributed by atoms with Crippen LogP contribution in [-0.2, 0) is 10.1 Å². The highest BCUT2D eigenvalue weighted by Gasteiger charge is 2.24. The summed E-state index contributed by atoms with van der Waals surface area (Å²) < 4.78 is 31.8. The van der Waals surface area contributed by atoms with Crippen molar-refractivity contribution >= 4 is 27.2 Å². The normalized spacial score (nSPS) is 11.6. The number of hydrogen-bond donors (Lipinski definition) is 1. The van der Waals surface area contributed by atoms with Gasteiger partial charge in [-0.2, -0.15) is 8.42 Å². The highest BCUT2D eigenvalue weighted by Crippen LogP contribution is 2.40. The van der Waals surface area contributed by atoms with Gasteiger partial charge in [-0.25, -0.2) is 0 Å². The lowest BCUT2D eigenvalue weighted by Gasteiger charge is -2.22. The van der Waals surface area contributed by atoms with Crippen molar-refractivity contribution in [3.05, 3.63) is 87.5 Å². The summed E-state index contributed by atoms with van der Waals surface area (Å²) in [6.45, 7) is 9.73. The number of nitrogens with one attached hydrogen (secondary N) is 1. The first kappa shape index (κ1) is 24.3. The number of nitro groups is 1. The molecule has 0 aromatic heterocycles. The number of rotatable bonds is 8. The van der Waals surface area contributed by atoms with E-state index in [1.807, 2.05) is 46.8 Å². The lowest BCUT2D eigenvalue weighted by molar-refractivity contribution is -0.384. The van der Waals surface area contributed by atoms with Crippen molar-refractivity contribution in [2.75, 3.05) is 5.32 Å². The van der Waals surface area contributed by atoms with Crippen molar-refractivity contribution in [1.29, 1.82) is 0 Å². The highest BCUT2D eigenvalue weighted by molar-refractivity contribution is 7.87. The topological polar surface area (TPSA) is 98.5 Å². The zero-order valence-electron chi connectivity index (χ0n) is 19.3. The number of benzene rings is 3. The number of non-ortho nitro benzene ring substituents is 1. The van der Waals surface area contributed by atoms with Gasteiger partial charge >= 0.3 is 10.1 Å². The van der Waals surface area contributed by atoms with Gasteiger partial charge in [-0.05, 0) is 49.1 Å². The van der Waals surface area contributed by atoms with Crippen molar-refractivity contribution in [2.45, 2.75) is 51.3 Å². The molecule has 0 bridgehead atoms. The number of hydrogen-bond acceptors (Lipinski definition) is 6. The van der Waals surface area contributed by atoms with Crippen molar-refractivity contribution in [1.82, 2.24) is 0 Å². The third kappa shape index (κ3) is 5.70. The third-order valence-corrected chi connectivity index (χ3v) is 6.47. The number of anilines is 2. The van der Waals surface area contributed by atoms with Crippen LogP contribution in [0.4, 0.5) is 17.1 Å². The average Bonchev–Trinajstić information content (AvgIpc) is 2.74. The van der Waals surface area contributed by atoms with E-state index in [2.05, 4.69) is 5.32 Å². The van der Waals surface area contributed by atoms with Crippen LogP contribution in [0, 0.1) is 17.0 Å². The van der Waals surface area contributed by atoms with Crippen molar-refractivity contribution in [2.24, 2.45) is 0 Å². The van der Waals surface area contributed by atoms with E-state index in [4.69, 9.17) is 4.18 Å². The molecule has 0 aliphatic carbocycles. The maximum Gasteiger partial charge on any atom is 0.339 e. The fourth-order valence-electron chi connectivity index (χ4n) is 3.43. The predicted octanol–water partition coefficient (Wildman–Crippen LogP) is 6.66. The minimum absolute atomic E-state index is 0.0164. The molecule has 7 nitrogen and oxygen atoms in total. The monoisotopic (exact) mass is 468 g/mol. The molecule has 0 radical (unpaired) electrons. The second-order valence-electron chi connectivity index (χ2n) is 8.58. The van der Waals surface area contributed by atoms with Crippen LogP contribution >= 0.6 is 0 Å². The van der Waals surface area contributed by atoms with Gasteiger partial charge in [0.1, 0.15) is 10.6 Å². The molecular formula is C25H28N2O5S. The fraction of sp³-hybridized carbons (Fsp3) is 0.280. The van der Waals surface area contributed by atoms with Gasteiger partial charge in [0.2, 0.25) is 0 Å². The summed E-state index contributed by atoms with van der Waals surface area (Å²) in [7, 11) is -4.02. The molecule has 33 heavy (non-hydrogen) atoms. The molecule has 8 heteroatoms. The Morgan fingerprint density at radius 1 is 0.879 bits per heavy atom. The quantitative estimate of drug-likeness (QED) is 0.225. The molecule has 0 amide bonds. The van der Waals surface area contributed by atoms with Gasteiger partial charge in [-0.1, -0.05) is 51.5 Å². The fourth-order valence-corrected chi connectivity index (χ4v) is 4.40. The minimum Gasteiger partial charge on any atom is -0.378 e. The van der Waals surface area contributed by atoms with E-state index < -0.39 is 15.0 Å². The van der Waals surface area contributed by atoms with Gasteiger partial charge in [-0.3, -0.25) is 10.1 Å². The SMILES string of the molecule is Cc1ccc(S(=O)(=O)Oc2c(C(C)C)cc(Nc3cccc([N+](=O)[O-])c3)cc2C(C)C)cc1. The summed E-state index contributed by atoms with van der Waals surface area (Å²) in [6, 6.07) is 16.4. The molecular weight excluding hydrogens is 440 g/mol. The summed E-state index contributed by atoms with van der Waals surface area (Å²) in [5, 5.41) is 14.3. The van der Waals surface area contributed by atoms with Gasteiger partial charge in [0.05, 0.1) is 4.92 Å². The predicted molar refractivity (Wildman–Crippen MR) is 130 cm³/mol. The molecule has 3 aromatic rings.